The smallest absolute Gasteiger partial charge is 0.271 e. The normalized spacial score (nSPS) is 10.6. The number of nitrogens with zero attached hydrogens (tertiary/aromatic N) is 4. The molecule has 0 atom stereocenters. The minimum absolute atomic E-state index is 0.0598. The predicted octanol–water partition coefficient (Wildman–Crippen LogP) is 3.74. The summed E-state index contributed by atoms with van der Waals surface area (Å²) in [5.41, 5.74) is 0.979. The minimum atomic E-state index is -0.523. The van der Waals surface area contributed by atoms with Crippen molar-refractivity contribution in [3.05, 3.63) is 64.5 Å². The van der Waals surface area contributed by atoms with Gasteiger partial charge in [0.2, 0.25) is 5.91 Å². The molecular weight excluding hydrogens is 385 g/mol. The molecule has 1 aromatic heterocycles. The summed E-state index contributed by atoms with van der Waals surface area (Å²) in [5, 5.41) is 22.2. The molecule has 0 saturated carbocycles. The van der Waals surface area contributed by atoms with Gasteiger partial charge in [0.25, 0.3) is 5.69 Å². The fourth-order valence-electron chi connectivity index (χ4n) is 2.52. The monoisotopic (exact) mass is 401 g/mol. The molecular formula is C18H16FN5O3S. The molecule has 8 nitrogen and oxygen atoms in total. The number of halogens is 1. The summed E-state index contributed by atoms with van der Waals surface area (Å²) in [7, 11) is 0. The number of non-ortho nitro benzene ring substituents is 1. The Balaban J connectivity index is 1.67. The number of benzene rings is 2. The Morgan fingerprint density at radius 3 is 2.68 bits per heavy atom. The van der Waals surface area contributed by atoms with E-state index in [1.807, 2.05) is 11.5 Å². The number of nitrogens with one attached hydrogen (secondary N) is 1. The van der Waals surface area contributed by atoms with Crippen LogP contribution in [-0.4, -0.2) is 31.3 Å². The maximum Gasteiger partial charge on any atom is 0.271 e. The van der Waals surface area contributed by atoms with Crippen LogP contribution in [0.15, 0.2) is 53.7 Å². The van der Waals surface area contributed by atoms with E-state index in [9.17, 15) is 19.3 Å². The van der Waals surface area contributed by atoms with Gasteiger partial charge in [0, 0.05) is 29.9 Å². The molecule has 3 rings (SSSR count). The maximum absolute atomic E-state index is 13.1. The van der Waals surface area contributed by atoms with Gasteiger partial charge in [-0.15, -0.1) is 10.2 Å². The Kier molecular flexibility index (Phi) is 5.99. The Bertz CT molecular complexity index is 1010. The number of nitro groups is 1. The lowest BCUT2D eigenvalue weighted by Gasteiger charge is -2.08. The highest BCUT2D eigenvalue weighted by Gasteiger charge is 2.15. The van der Waals surface area contributed by atoms with Crippen LogP contribution in [0.3, 0.4) is 0 Å². The van der Waals surface area contributed by atoms with Crippen molar-refractivity contribution >= 4 is 29.0 Å². The zero-order valence-electron chi connectivity index (χ0n) is 14.8. The van der Waals surface area contributed by atoms with E-state index in [2.05, 4.69) is 15.5 Å². The minimum Gasteiger partial charge on any atom is -0.325 e. The van der Waals surface area contributed by atoms with Gasteiger partial charge in [-0.1, -0.05) is 17.8 Å². The van der Waals surface area contributed by atoms with Crippen molar-refractivity contribution in [2.24, 2.45) is 0 Å². The predicted molar refractivity (Wildman–Crippen MR) is 104 cm³/mol. The number of anilines is 1. The van der Waals surface area contributed by atoms with Gasteiger partial charge in [-0.3, -0.25) is 14.9 Å². The van der Waals surface area contributed by atoms with Crippen LogP contribution in [-0.2, 0) is 11.3 Å². The zero-order valence-corrected chi connectivity index (χ0v) is 15.6. The second-order valence-corrected chi connectivity index (χ2v) is 6.64. The summed E-state index contributed by atoms with van der Waals surface area (Å²) < 4.78 is 15.0. The molecule has 0 saturated heterocycles. The third-order valence-electron chi connectivity index (χ3n) is 3.81. The maximum atomic E-state index is 13.1. The highest BCUT2D eigenvalue weighted by molar-refractivity contribution is 7.99. The number of rotatable bonds is 7. The van der Waals surface area contributed by atoms with Crippen LogP contribution in [0, 0.1) is 15.9 Å². The number of hydrogen-bond acceptors (Lipinski definition) is 6. The molecule has 144 valence electrons. The van der Waals surface area contributed by atoms with Crippen molar-refractivity contribution in [3.8, 4) is 11.4 Å². The molecule has 0 aliphatic heterocycles. The lowest BCUT2D eigenvalue weighted by molar-refractivity contribution is -0.384. The fourth-order valence-corrected chi connectivity index (χ4v) is 3.32. The number of carbonyl (C=O) groups excluding carboxylic acids is 1. The lowest BCUT2D eigenvalue weighted by atomic mass is 10.2. The summed E-state index contributed by atoms with van der Waals surface area (Å²) >= 11 is 1.20. The summed E-state index contributed by atoms with van der Waals surface area (Å²) in [6.07, 6.45) is 0. The summed E-state index contributed by atoms with van der Waals surface area (Å²) in [6, 6.07) is 11.7. The highest BCUT2D eigenvalue weighted by atomic mass is 32.2. The van der Waals surface area contributed by atoms with Crippen molar-refractivity contribution in [2.75, 3.05) is 11.1 Å². The standard InChI is InChI=1S/C18H16FN5O3S/c1-2-23-17(12-6-8-13(19)9-7-12)21-22-18(23)28-11-16(25)20-14-4-3-5-15(10-14)24(26)27/h3-10H,2,11H2,1H3,(H,20,25). The molecule has 0 fully saturated rings. The summed E-state index contributed by atoms with van der Waals surface area (Å²) in [6.45, 7) is 2.50. The molecule has 1 N–H and O–H groups in total. The van der Waals surface area contributed by atoms with Crippen molar-refractivity contribution in [1.29, 1.82) is 0 Å². The first kappa shape index (κ1) is 19.5. The second-order valence-electron chi connectivity index (χ2n) is 5.70. The average molecular weight is 401 g/mol. The van der Waals surface area contributed by atoms with Crippen LogP contribution >= 0.6 is 11.8 Å². The van der Waals surface area contributed by atoms with E-state index in [4.69, 9.17) is 0 Å². The first-order valence-corrected chi connectivity index (χ1v) is 9.32. The van der Waals surface area contributed by atoms with Crippen LogP contribution in [0.1, 0.15) is 6.92 Å². The van der Waals surface area contributed by atoms with Crippen molar-refractivity contribution in [2.45, 2.75) is 18.6 Å². The number of hydrogen-bond donors (Lipinski definition) is 1. The number of thioether (sulfide) groups is 1. The lowest BCUT2D eigenvalue weighted by Crippen LogP contribution is -2.14. The van der Waals surface area contributed by atoms with E-state index in [1.165, 1.54) is 42.1 Å². The zero-order chi connectivity index (χ0) is 20.1. The number of nitro benzene ring substituents is 1. The Morgan fingerprint density at radius 2 is 2.00 bits per heavy atom. The first-order chi connectivity index (χ1) is 13.5. The van der Waals surface area contributed by atoms with Crippen molar-refractivity contribution < 1.29 is 14.1 Å². The van der Waals surface area contributed by atoms with Gasteiger partial charge in [-0.25, -0.2) is 4.39 Å². The van der Waals surface area contributed by atoms with Crippen LogP contribution in [0.5, 0.6) is 0 Å². The van der Waals surface area contributed by atoms with Crippen LogP contribution in [0.4, 0.5) is 15.8 Å². The van der Waals surface area contributed by atoms with Gasteiger partial charge in [0.05, 0.1) is 10.7 Å². The van der Waals surface area contributed by atoms with E-state index in [1.54, 1.807) is 18.2 Å². The van der Waals surface area contributed by atoms with Crippen LogP contribution in [0.2, 0.25) is 0 Å². The van der Waals surface area contributed by atoms with E-state index in [0.717, 1.165) is 5.56 Å². The molecule has 2 aromatic carbocycles. The molecule has 1 heterocycles. The molecule has 28 heavy (non-hydrogen) atoms. The SMILES string of the molecule is CCn1c(SCC(=O)Nc2cccc([N+](=O)[O-])c2)nnc1-c1ccc(F)cc1. The van der Waals surface area contributed by atoms with Crippen LogP contribution < -0.4 is 5.32 Å². The van der Waals surface area contributed by atoms with Gasteiger partial charge in [-0.2, -0.15) is 0 Å². The third-order valence-corrected chi connectivity index (χ3v) is 4.78. The largest absolute Gasteiger partial charge is 0.325 e. The Morgan fingerprint density at radius 1 is 1.25 bits per heavy atom. The van der Waals surface area contributed by atoms with E-state index in [0.29, 0.717) is 23.2 Å². The van der Waals surface area contributed by atoms with Crippen LogP contribution in [0.25, 0.3) is 11.4 Å². The molecule has 3 aromatic rings. The van der Waals surface area contributed by atoms with Crippen molar-refractivity contribution in [1.82, 2.24) is 14.8 Å². The molecule has 0 unspecified atom stereocenters. The van der Waals surface area contributed by atoms with E-state index >= 15 is 0 Å². The quantitative estimate of drug-likeness (QED) is 0.367. The van der Waals surface area contributed by atoms with Gasteiger partial charge in [-0.05, 0) is 37.3 Å². The molecule has 0 aliphatic rings. The Hall–Kier alpha value is -3.27. The fraction of sp³-hybridized carbons (Fsp3) is 0.167. The molecule has 0 bridgehead atoms. The number of carbonyl (C=O) groups is 1. The van der Waals surface area contributed by atoms with E-state index < -0.39 is 4.92 Å². The molecule has 1 amide bonds. The Labute approximate surface area is 163 Å². The molecule has 0 aliphatic carbocycles. The first-order valence-electron chi connectivity index (χ1n) is 8.34. The topological polar surface area (TPSA) is 103 Å². The average Bonchev–Trinajstić information content (AvgIpc) is 3.10. The summed E-state index contributed by atoms with van der Waals surface area (Å²) in [5.74, 6) is -0.00754. The summed E-state index contributed by atoms with van der Waals surface area (Å²) in [4.78, 5) is 22.5. The molecule has 0 spiro atoms. The van der Waals surface area contributed by atoms with Crippen molar-refractivity contribution in [3.63, 3.8) is 0 Å². The number of aromatic nitrogens is 3. The molecule has 10 heteroatoms. The molecule has 0 radical (unpaired) electrons. The van der Waals surface area contributed by atoms with Gasteiger partial charge < -0.3 is 9.88 Å². The second kappa shape index (κ2) is 8.61. The highest BCUT2D eigenvalue weighted by Crippen LogP contribution is 2.24. The van der Waals surface area contributed by atoms with Gasteiger partial charge >= 0.3 is 0 Å². The third kappa shape index (κ3) is 4.52. The van der Waals surface area contributed by atoms with Gasteiger partial charge in [0.15, 0.2) is 11.0 Å². The van der Waals surface area contributed by atoms with E-state index in [-0.39, 0.29) is 23.2 Å². The van der Waals surface area contributed by atoms with Gasteiger partial charge in [0.1, 0.15) is 5.82 Å². The number of amides is 1.